The highest BCUT2D eigenvalue weighted by Crippen LogP contribution is 2.21. The highest BCUT2D eigenvalue weighted by Gasteiger charge is 2.21. The first-order valence-corrected chi connectivity index (χ1v) is 7.57. The number of aryl methyl sites for hydroxylation is 1. The summed E-state index contributed by atoms with van der Waals surface area (Å²) in [6.45, 7) is 4.34. The van der Waals surface area contributed by atoms with Crippen LogP contribution in [0.5, 0.6) is 0 Å². The Morgan fingerprint density at radius 2 is 2.09 bits per heavy atom. The van der Waals surface area contributed by atoms with Crippen molar-refractivity contribution in [1.29, 1.82) is 0 Å². The Morgan fingerprint density at radius 1 is 1.43 bits per heavy atom. The predicted octanol–water partition coefficient (Wildman–Crippen LogP) is 2.80. The zero-order valence-electron chi connectivity index (χ0n) is 13.3. The Morgan fingerprint density at radius 3 is 2.70 bits per heavy atom. The third kappa shape index (κ3) is 4.30. The summed E-state index contributed by atoms with van der Waals surface area (Å²) in [4.78, 5) is 12.3. The van der Waals surface area contributed by atoms with Gasteiger partial charge in [0.1, 0.15) is 11.0 Å². The average molecular weight is 340 g/mol. The molecule has 0 saturated carbocycles. The van der Waals surface area contributed by atoms with Crippen molar-refractivity contribution in [3.8, 4) is 0 Å². The minimum absolute atomic E-state index is 0.136. The number of ether oxygens (including phenoxy) is 1. The van der Waals surface area contributed by atoms with E-state index in [2.05, 4.69) is 10.4 Å². The topological polar surface area (TPSA) is 56.1 Å². The lowest BCUT2D eigenvalue weighted by Crippen LogP contribution is -2.35. The number of hydrogen-bond acceptors (Lipinski definition) is 3. The van der Waals surface area contributed by atoms with E-state index >= 15 is 0 Å². The van der Waals surface area contributed by atoms with Gasteiger partial charge in [0.15, 0.2) is 0 Å². The first-order chi connectivity index (χ1) is 10.9. The second-order valence-electron chi connectivity index (χ2n) is 5.37. The molecule has 0 saturated heterocycles. The second-order valence-corrected chi connectivity index (χ2v) is 5.72. The van der Waals surface area contributed by atoms with Crippen molar-refractivity contribution in [2.24, 2.45) is 0 Å². The van der Waals surface area contributed by atoms with Crippen LogP contribution in [-0.4, -0.2) is 35.4 Å². The maximum atomic E-state index is 13.0. The Hall–Kier alpha value is -1.92. The molecule has 23 heavy (non-hydrogen) atoms. The zero-order chi connectivity index (χ0) is 17.0. The summed E-state index contributed by atoms with van der Waals surface area (Å²) in [6.07, 6.45) is 0. The van der Waals surface area contributed by atoms with E-state index in [1.807, 2.05) is 6.92 Å². The second kappa shape index (κ2) is 7.57. The molecule has 1 unspecified atom stereocenters. The minimum Gasteiger partial charge on any atom is -0.383 e. The van der Waals surface area contributed by atoms with E-state index in [4.69, 9.17) is 16.3 Å². The molecule has 2 rings (SSSR count). The molecule has 2 aromatic rings. The van der Waals surface area contributed by atoms with Crippen LogP contribution in [0.1, 0.15) is 28.5 Å². The number of rotatable bonds is 6. The summed E-state index contributed by atoms with van der Waals surface area (Å²) in [5.41, 5.74) is 1.73. The average Bonchev–Trinajstić information content (AvgIpc) is 2.76. The fourth-order valence-corrected chi connectivity index (χ4v) is 2.59. The van der Waals surface area contributed by atoms with Gasteiger partial charge in [-0.1, -0.05) is 23.7 Å². The van der Waals surface area contributed by atoms with Crippen molar-refractivity contribution in [3.63, 3.8) is 0 Å². The lowest BCUT2D eigenvalue weighted by molar-refractivity contribution is 0.0905. The summed E-state index contributed by atoms with van der Waals surface area (Å²) in [5, 5.41) is 7.37. The number of nitrogens with zero attached hydrogens (tertiary/aromatic N) is 2. The van der Waals surface area contributed by atoms with E-state index in [-0.39, 0.29) is 22.9 Å². The molecule has 124 valence electrons. The van der Waals surface area contributed by atoms with Crippen molar-refractivity contribution in [1.82, 2.24) is 15.1 Å². The monoisotopic (exact) mass is 339 g/mol. The van der Waals surface area contributed by atoms with Crippen LogP contribution in [0.3, 0.4) is 0 Å². The molecule has 1 heterocycles. The van der Waals surface area contributed by atoms with Gasteiger partial charge >= 0.3 is 0 Å². The number of amides is 1. The van der Waals surface area contributed by atoms with Gasteiger partial charge in [-0.05, 0) is 31.5 Å². The first-order valence-electron chi connectivity index (χ1n) is 7.19. The van der Waals surface area contributed by atoms with Crippen LogP contribution in [-0.2, 0) is 11.3 Å². The largest absolute Gasteiger partial charge is 0.383 e. The fourth-order valence-electron chi connectivity index (χ4n) is 2.27. The molecule has 0 aliphatic heterocycles. The zero-order valence-corrected chi connectivity index (χ0v) is 14.0. The molecule has 0 radical (unpaired) electrons. The summed E-state index contributed by atoms with van der Waals surface area (Å²) in [6, 6.07) is 5.93. The van der Waals surface area contributed by atoms with Crippen LogP contribution in [0.4, 0.5) is 4.39 Å². The van der Waals surface area contributed by atoms with E-state index in [9.17, 15) is 9.18 Å². The molecular formula is C16H19ClFN3O2. The van der Waals surface area contributed by atoms with E-state index in [0.717, 1.165) is 5.56 Å². The minimum atomic E-state index is -0.302. The van der Waals surface area contributed by atoms with Gasteiger partial charge in [-0.3, -0.25) is 4.79 Å². The van der Waals surface area contributed by atoms with Crippen LogP contribution in [0.25, 0.3) is 0 Å². The van der Waals surface area contributed by atoms with Crippen molar-refractivity contribution >= 4 is 17.5 Å². The first kappa shape index (κ1) is 17.4. The lowest BCUT2D eigenvalue weighted by atomic mass is 10.2. The normalized spacial score (nSPS) is 12.2. The summed E-state index contributed by atoms with van der Waals surface area (Å²) in [5.74, 6) is -0.592. The molecule has 1 aromatic heterocycles. The van der Waals surface area contributed by atoms with Gasteiger partial charge in [0.2, 0.25) is 0 Å². The highest BCUT2D eigenvalue weighted by atomic mass is 35.5. The van der Waals surface area contributed by atoms with E-state index < -0.39 is 0 Å². The number of carbonyl (C=O) groups excluding carboxylic acids is 1. The number of nitrogens with one attached hydrogen (secondary N) is 1. The molecule has 1 aromatic carbocycles. The molecule has 1 amide bonds. The number of hydrogen-bond donors (Lipinski definition) is 1. The number of halogens is 2. The van der Waals surface area contributed by atoms with E-state index in [1.54, 1.807) is 26.2 Å². The molecule has 1 N–H and O–H groups in total. The van der Waals surface area contributed by atoms with Gasteiger partial charge in [0, 0.05) is 13.2 Å². The lowest BCUT2D eigenvalue weighted by Gasteiger charge is -2.12. The van der Waals surface area contributed by atoms with E-state index in [1.165, 1.54) is 16.8 Å². The summed E-state index contributed by atoms with van der Waals surface area (Å²) >= 11 is 6.30. The van der Waals surface area contributed by atoms with Crippen LogP contribution >= 0.6 is 11.6 Å². The molecule has 0 fully saturated rings. The van der Waals surface area contributed by atoms with Crippen molar-refractivity contribution in [3.05, 3.63) is 52.1 Å². The Balaban J connectivity index is 2.18. The number of aromatic nitrogens is 2. The maximum absolute atomic E-state index is 13.0. The Kier molecular flexibility index (Phi) is 5.74. The molecular weight excluding hydrogens is 321 g/mol. The Labute approximate surface area is 139 Å². The van der Waals surface area contributed by atoms with Gasteiger partial charge < -0.3 is 10.1 Å². The predicted molar refractivity (Wildman–Crippen MR) is 86.3 cm³/mol. The van der Waals surface area contributed by atoms with Crippen LogP contribution in [0, 0.1) is 12.7 Å². The van der Waals surface area contributed by atoms with Crippen molar-refractivity contribution < 1.29 is 13.9 Å². The highest BCUT2D eigenvalue weighted by molar-refractivity contribution is 6.33. The standard InChI is InChI=1S/C16H19ClFN3O2/c1-10(9-23-3)19-16(22)14-11(2)20-21(15(14)17)8-12-4-6-13(18)7-5-12/h4-7,10H,8-9H2,1-3H3,(H,19,22). The maximum Gasteiger partial charge on any atom is 0.256 e. The molecule has 1 atom stereocenters. The quantitative estimate of drug-likeness (QED) is 0.880. The number of carbonyl (C=O) groups is 1. The molecule has 0 aliphatic carbocycles. The van der Waals surface area contributed by atoms with Crippen molar-refractivity contribution in [2.75, 3.05) is 13.7 Å². The van der Waals surface area contributed by atoms with E-state index in [0.29, 0.717) is 24.4 Å². The van der Waals surface area contributed by atoms with Gasteiger partial charge in [-0.15, -0.1) is 0 Å². The third-order valence-corrected chi connectivity index (χ3v) is 3.72. The number of methoxy groups -OCH3 is 1. The van der Waals surface area contributed by atoms with Gasteiger partial charge in [-0.25, -0.2) is 9.07 Å². The molecule has 0 aliphatic rings. The van der Waals surface area contributed by atoms with Gasteiger partial charge in [-0.2, -0.15) is 5.10 Å². The van der Waals surface area contributed by atoms with Crippen LogP contribution in [0.2, 0.25) is 5.15 Å². The molecule has 0 bridgehead atoms. The molecule has 7 heteroatoms. The molecule has 0 spiro atoms. The summed E-state index contributed by atoms with van der Waals surface area (Å²) in [7, 11) is 1.57. The Bertz CT molecular complexity index is 685. The number of benzene rings is 1. The van der Waals surface area contributed by atoms with Crippen molar-refractivity contribution in [2.45, 2.75) is 26.4 Å². The van der Waals surface area contributed by atoms with Gasteiger partial charge in [0.25, 0.3) is 5.91 Å². The SMILES string of the molecule is COCC(C)NC(=O)c1c(C)nn(Cc2ccc(F)cc2)c1Cl. The van der Waals surface area contributed by atoms with Crippen LogP contribution < -0.4 is 5.32 Å². The fraction of sp³-hybridized carbons (Fsp3) is 0.375. The third-order valence-electron chi connectivity index (χ3n) is 3.33. The smallest absolute Gasteiger partial charge is 0.256 e. The summed E-state index contributed by atoms with van der Waals surface area (Å²) < 4.78 is 19.5. The van der Waals surface area contributed by atoms with Crippen LogP contribution in [0.15, 0.2) is 24.3 Å². The molecule has 5 nitrogen and oxygen atoms in total. The van der Waals surface area contributed by atoms with Gasteiger partial charge in [0.05, 0.1) is 24.4 Å².